The summed E-state index contributed by atoms with van der Waals surface area (Å²) >= 11 is 0. The molecule has 2 aliphatic rings. The number of nitrogens with one attached hydrogen (secondary N) is 2. The number of anilines is 1. The van der Waals surface area contributed by atoms with Crippen molar-refractivity contribution in [2.45, 2.75) is 62.3 Å². The van der Waals surface area contributed by atoms with E-state index in [4.69, 9.17) is 4.74 Å². The highest BCUT2D eigenvalue weighted by atomic mass is 32.2. The third kappa shape index (κ3) is 5.48. The smallest absolute Gasteiger partial charge is 0.261 e. The van der Waals surface area contributed by atoms with Crippen LogP contribution in [0.15, 0.2) is 65.7 Å². The van der Waals surface area contributed by atoms with Crippen molar-refractivity contribution in [1.29, 1.82) is 0 Å². The molecule has 3 aromatic rings. The molecular weight excluding hydrogens is 462 g/mol. The van der Waals surface area contributed by atoms with Crippen LogP contribution in [0.4, 0.5) is 5.69 Å². The van der Waals surface area contributed by atoms with E-state index < -0.39 is 10.0 Å². The number of fused-ring (bicyclic) bond motifs is 1. The van der Waals surface area contributed by atoms with Gasteiger partial charge in [-0.1, -0.05) is 18.9 Å². The quantitative estimate of drug-likeness (QED) is 0.472. The highest BCUT2D eigenvalue weighted by Crippen LogP contribution is 2.28. The number of carbonyl (C=O) groups excluding carboxylic acids is 1. The van der Waals surface area contributed by atoms with Crippen LogP contribution in [0.3, 0.4) is 0 Å². The molecule has 1 amide bonds. The lowest BCUT2D eigenvalue weighted by molar-refractivity contribution is 0.0935. The predicted octanol–water partition coefficient (Wildman–Crippen LogP) is 5.23. The molecule has 0 aliphatic heterocycles. The Kier molecular flexibility index (Phi) is 6.72. The van der Waals surface area contributed by atoms with Crippen LogP contribution in [0.25, 0.3) is 0 Å². The molecule has 1 aromatic heterocycles. The number of aryl methyl sites for hydroxylation is 2. The number of nitrogens with zero attached hydrogens (tertiary/aromatic N) is 1. The average Bonchev–Trinajstić information content (AvgIpc) is 3.38. The fourth-order valence-electron chi connectivity index (χ4n) is 4.77. The maximum atomic E-state index is 12.9. The van der Waals surface area contributed by atoms with Crippen LogP contribution < -0.4 is 14.8 Å². The van der Waals surface area contributed by atoms with Gasteiger partial charge in [-0.3, -0.25) is 9.52 Å². The summed E-state index contributed by atoms with van der Waals surface area (Å²) < 4.78 is 34.4. The third-order valence-corrected chi connectivity index (χ3v) is 8.04. The van der Waals surface area contributed by atoms with Crippen molar-refractivity contribution in [3.05, 3.63) is 77.5 Å². The standard InChI is InChI=1S/C27H29N3O4S/c31-26(29-21-8-3-4-9-21)25-10-5-17-28-27(25)34-23-14-12-22(13-15-23)30-35(32,33)24-16-11-19-6-1-2-7-20(19)18-24/h5,10-18,21,30H,1-4,6-9H2,(H,29,31). The molecule has 35 heavy (non-hydrogen) atoms. The van der Waals surface area contributed by atoms with Crippen molar-refractivity contribution in [2.24, 2.45) is 0 Å². The molecule has 2 aliphatic carbocycles. The number of carbonyl (C=O) groups is 1. The number of amides is 1. The lowest BCUT2D eigenvalue weighted by Gasteiger charge is -2.17. The fraction of sp³-hybridized carbons (Fsp3) is 0.333. The first-order valence-electron chi connectivity index (χ1n) is 12.2. The van der Waals surface area contributed by atoms with Gasteiger partial charge in [-0.2, -0.15) is 0 Å². The number of ether oxygens (including phenoxy) is 1. The highest BCUT2D eigenvalue weighted by molar-refractivity contribution is 7.92. The molecule has 5 rings (SSSR count). The van der Waals surface area contributed by atoms with Crippen molar-refractivity contribution in [1.82, 2.24) is 10.3 Å². The normalized spacial score (nSPS) is 15.9. The van der Waals surface area contributed by atoms with Gasteiger partial charge >= 0.3 is 0 Å². The Hall–Kier alpha value is -3.39. The molecule has 2 N–H and O–H groups in total. The predicted molar refractivity (Wildman–Crippen MR) is 134 cm³/mol. The number of benzene rings is 2. The van der Waals surface area contributed by atoms with Crippen molar-refractivity contribution in [3.63, 3.8) is 0 Å². The Morgan fingerprint density at radius 2 is 1.66 bits per heavy atom. The number of hydrogen-bond donors (Lipinski definition) is 2. The van der Waals surface area contributed by atoms with Crippen LogP contribution in [0.2, 0.25) is 0 Å². The Balaban J connectivity index is 1.27. The van der Waals surface area contributed by atoms with Crippen LogP contribution in [0, 0.1) is 0 Å². The summed E-state index contributed by atoms with van der Waals surface area (Å²) in [7, 11) is -3.70. The molecule has 7 nitrogen and oxygen atoms in total. The lowest BCUT2D eigenvalue weighted by atomic mass is 9.92. The zero-order valence-corrected chi connectivity index (χ0v) is 20.3. The van der Waals surface area contributed by atoms with Crippen LogP contribution in [-0.2, 0) is 22.9 Å². The molecule has 1 fully saturated rings. The second-order valence-corrected chi connectivity index (χ2v) is 10.9. The number of sulfonamides is 1. The molecule has 1 heterocycles. The minimum absolute atomic E-state index is 0.193. The minimum atomic E-state index is -3.70. The minimum Gasteiger partial charge on any atom is -0.438 e. The van der Waals surface area contributed by atoms with Crippen molar-refractivity contribution >= 4 is 21.6 Å². The largest absolute Gasteiger partial charge is 0.438 e. The highest BCUT2D eigenvalue weighted by Gasteiger charge is 2.21. The molecule has 2 aromatic carbocycles. The van der Waals surface area contributed by atoms with Gasteiger partial charge in [0.25, 0.3) is 15.9 Å². The van der Waals surface area contributed by atoms with Gasteiger partial charge in [0, 0.05) is 17.9 Å². The van der Waals surface area contributed by atoms with Crippen LogP contribution in [0.5, 0.6) is 11.6 Å². The molecule has 0 atom stereocenters. The lowest BCUT2D eigenvalue weighted by Crippen LogP contribution is -2.32. The maximum Gasteiger partial charge on any atom is 0.261 e. The Morgan fingerprint density at radius 3 is 2.43 bits per heavy atom. The molecule has 0 unspecified atom stereocenters. The topological polar surface area (TPSA) is 97.4 Å². The first-order chi connectivity index (χ1) is 17.0. The zero-order valence-electron chi connectivity index (χ0n) is 19.5. The van der Waals surface area contributed by atoms with Crippen LogP contribution in [0.1, 0.15) is 60.0 Å². The van der Waals surface area contributed by atoms with E-state index >= 15 is 0 Å². The van der Waals surface area contributed by atoms with Gasteiger partial charge in [0.05, 0.1) is 4.90 Å². The first kappa shape index (κ1) is 23.4. The van der Waals surface area contributed by atoms with Gasteiger partial charge in [0.2, 0.25) is 5.88 Å². The van der Waals surface area contributed by atoms with Gasteiger partial charge < -0.3 is 10.1 Å². The number of hydrogen-bond acceptors (Lipinski definition) is 5. The summed E-state index contributed by atoms with van der Waals surface area (Å²) in [5.74, 6) is 0.468. The van der Waals surface area contributed by atoms with E-state index in [-0.39, 0.29) is 22.7 Å². The molecule has 0 saturated heterocycles. The van der Waals surface area contributed by atoms with Crippen molar-refractivity contribution in [3.8, 4) is 11.6 Å². The summed E-state index contributed by atoms with van der Waals surface area (Å²) in [6.07, 6.45) is 9.97. The second-order valence-electron chi connectivity index (χ2n) is 9.18. The Labute approximate surface area is 206 Å². The zero-order chi connectivity index (χ0) is 24.3. The maximum absolute atomic E-state index is 12.9. The summed E-state index contributed by atoms with van der Waals surface area (Å²) in [5, 5.41) is 3.06. The van der Waals surface area contributed by atoms with E-state index in [9.17, 15) is 13.2 Å². The van der Waals surface area contributed by atoms with E-state index in [0.29, 0.717) is 17.0 Å². The first-order valence-corrected chi connectivity index (χ1v) is 13.6. The molecular formula is C27H29N3O4S. The summed E-state index contributed by atoms with van der Waals surface area (Å²) in [4.78, 5) is 17.2. The van der Waals surface area contributed by atoms with E-state index in [0.717, 1.165) is 56.9 Å². The van der Waals surface area contributed by atoms with Gasteiger partial charge in [-0.05, 0) is 98.2 Å². The van der Waals surface area contributed by atoms with E-state index in [2.05, 4.69) is 15.0 Å². The van der Waals surface area contributed by atoms with Crippen molar-refractivity contribution < 1.29 is 17.9 Å². The molecule has 0 radical (unpaired) electrons. The fourth-order valence-corrected chi connectivity index (χ4v) is 5.88. The van der Waals surface area contributed by atoms with Crippen LogP contribution >= 0.6 is 0 Å². The van der Waals surface area contributed by atoms with Gasteiger partial charge in [-0.15, -0.1) is 0 Å². The molecule has 1 saturated carbocycles. The van der Waals surface area contributed by atoms with Crippen molar-refractivity contribution in [2.75, 3.05) is 4.72 Å². The van der Waals surface area contributed by atoms with Gasteiger partial charge in [0.15, 0.2) is 0 Å². The van der Waals surface area contributed by atoms with E-state index in [1.54, 1.807) is 54.7 Å². The molecule has 182 valence electrons. The number of pyridine rings is 1. The molecule has 8 heteroatoms. The second kappa shape index (κ2) is 10.1. The third-order valence-electron chi connectivity index (χ3n) is 6.66. The summed E-state index contributed by atoms with van der Waals surface area (Å²) in [6, 6.07) is 15.5. The van der Waals surface area contributed by atoms with Gasteiger partial charge in [0.1, 0.15) is 11.3 Å². The number of rotatable bonds is 7. The Bertz CT molecular complexity index is 1320. The summed E-state index contributed by atoms with van der Waals surface area (Å²) in [6.45, 7) is 0. The van der Waals surface area contributed by atoms with E-state index in [1.807, 2.05) is 6.07 Å². The SMILES string of the molecule is O=C(NC1CCCC1)c1cccnc1Oc1ccc(NS(=O)(=O)c2ccc3c(c2)CCCC3)cc1. The monoisotopic (exact) mass is 491 g/mol. The van der Waals surface area contributed by atoms with Gasteiger partial charge in [-0.25, -0.2) is 13.4 Å². The van der Waals surface area contributed by atoms with E-state index in [1.165, 1.54) is 5.56 Å². The average molecular weight is 492 g/mol. The molecule has 0 spiro atoms. The van der Waals surface area contributed by atoms with Crippen LogP contribution in [-0.4, -0.2) is 25.4 Å². The Morgan fingerprint density at radius 1 is 0.914 bits per heavy atom. The molecule has 0 bridgehead atoms. The number of aromatic nitrogens is 1. The summed E-state index contributed by atoms with van der Waals surface area (Å²) in [5.41, 5.74) is 3.15.